The van der Waals surface area contributed by atoms with E-state index in [2.05, 4.69) is 4.98 Å². The zero-order valence-electron chi connectivity index (χ0n) is 10.3. The van der Waals surface area contributed by atoms with Crippen molar-refractivity contribution in [2.24, 2.45) is 5.73 Å². The van der Waals surface area contributed by atoms with Gasteiger partial charge in [0.2, 0.25) is 0 Å². The fourth-order valence-electron chi connectivity index (χ4n) is 1.54. The number of nitrogens with zero attached hydrogens (tertiary/aromatic N) is 2. The molecular formula is C11H18N4O2. The predicted octanol–water partition coefficient (Wildman–Crippen LogP) is -0.0302. The molecule has 5 N–H and O–H groups in total. The Bertz CT molecular complexity index is 426. The lowest BCUT2D eigenvalue weighted by molar-refractivity contribution is 0.0884. The molecule has 0 fully saturated rings. The van der Waals surface area contributed by atoms with Gasteiger partial charge in [-0.3, -0.25) is 4.79 Å². The van der Waals surface area contributed by atoms with Crippen LogP contribution in [0.3, 0.4) is 0 Å². The van der Waals surface area contributed by atoms with E-state index in [-0.39, 0.29) is 11.3 Å². The zero-order chi connectivity index (χ0) is 13.2. The fraction of sp³-hybridized carbons (Fsp3) is 0.455. The van der Waals surface area contributed by atoms with Crippen molar-refractivity contribution < 1.29 is 9.90 Å². The number of nitrogen functional groups attached to an aromatic ring is 1. The minimum absolute atomic E-state index is 0.234. The molecule has 17 heavy (non-hydrogen) atoms. The minimum atomic E-state index is -0.856. The standard InChI is InChI=1S/C11H18N4O2/c1-11(2,17)6-15(3)9-4-7(10(13)16)8(12)5-14-9/h4-5,17H,6,12H2,1-3H3,(H2,13,16). The number of carbonyl (C=O) groups excluding carboxylic acids is 1. The Morgan fingerprint density at radius 2 is 2.18 bits per heavy atom. The van der Waals surface area contributed by atoms with Crippen molar-refractivity contribution in [1.29, 1.82) is 0 Å². The smallest absolute Gasteiger partial charge is 0.250 e. The summed E-state index contributed by atoms with van der Waals surface area (Å²) in [5.41, 5.74) is 10.4. The third-order valence-electron chi connectivity index (χ3n) is 2.20. The van der Waals surface area contributed by atoms with Gasteiger partial charge in [-0.05, 0) is 19.9 Å². The Morgan fingerprint density at radius 1 is 1.59 bits per heavy atom. The molecule has 0 aromatic carbocycles. The van der Waals surface area contributed by atoms with Gasteiger partial charge in [-0.25, -0.2) is 4.98 Å². The monoisotopic (exact) mass is 238 g/mol. The van der Waals surface area contributed by atoms with Crippen LogP contribution in [-0.4, -0.2) is 35.2 Å². The Morgan fingerprint density at radius 3 is 2.65 bits per heavy atom. The van der Waals surface area contributed by atoms with Gasteiger partial charge in [-0.2, -0.15) is 0 Å². The Labute approximate surface area is 100 Å². The summed E-state index contributed by atoms with van der Waals surface area (Å²) in [5.74, 6) is -0.0575. The normalized spacial score (nSPS) is 11.3. The van der Waals surface area contributed by atoms with Crippen LogP contribution in [0.15, 0.2) is 12.3 Å². The number of primary amides is 1. The van der Waals surface area contributed by atoms with E-state index in [1.54, 1.807) is 25.8 Å². The van der Waals surface area contributed by atoms with Gasteiger partial charge in [0.05, 0.1) is 23.0 Å². The van der Waals surface area contributed by atoms with Crippen molar-refractivity contribution in [1.82, 2.24) is 4.98 Å². The zero-order valence-corrected chi connectivity index (χ0v) is 10.3. The number of hydrogen-bond acceptors (Lipinski definition) is 5. The highest BCUT2D eigenvalue weighted by Crippen LogP contribution is 2.18. The largest absolute Gasteiger partial charge is 0.397 e. The topological polar surface area (TPSA) is 105 Å². The highest BCUT2D eigenvalue weighted by molar-refractivity contribution is 5.98. The fourth-order valence-corrected chi connectivity index (χ4v) is 1.54. The van der Waals surface area contributed by atoms with Crippen molar-refractivity contribution in [2.75, 3.05) is 24.2 Å². The van der Waals surface area contributed by atoms with E-state index in [0.717, 1.165) is 0 Å². The van der Waals surface area contributed by atoms with Gasteiger partial charge in [0, 0.05) is 13.6 Å². The molecule has 6 nitrogen and oxygen atoms in total. The Balaban J connectivity index is 3.00. The first-order chi connectivity index (χ1) is 7.70. The van der Waals surface area contributed by atoms with E-state index >= 15 is 0 Å². The maximum absolute atomic E-state index is 11.1. The molecule has 1 aromatic heterocycles. The maximum atomic E-state index is 11.1. The van der Waals surface area contributed by atoms with Gasteiger partial charge >= 0.3 is 0 Å². The van der Waals surface area contributed by atoms with Crippen LogP contribution >= 0.6 is 0 Å². The average molecular weight is 238 g/mol. The minimum Gasteiger partial charge on any atom is -0.397 e. The van der Waals surface area contributed by atoms with Crippen molar-refractivity contribution >= 4 is 17.4 Å². The van der Waals surface area contributed by atoms with E-state index in [4.69, 9.17) is 11.5 Å². The molecule has 1 heterocycles. The molecule has 0 bridgehead atoms. The summed E-state index contributed by atoms with van der Waals surface area (Å²) in [4.78, 5) is 16.9. The van der Waals surface area contributed by atoms with Gasteiger partial charge in [-0.15, -0.1) is 0 Å². The summed E-state index contributed by atoms with van der Waals surface area (Å²) in [6.07, 6.45) is 1.39. The third-order valence-corrected chi connectivity index (χ3v) is 2.20. The van der Waals surface area contributed by atoms with Crippen molar-refractivity contribution in [3.05, 3.63) is 17.8 Å². The second-order valence-electron chi connectivity index (χ2n) is 4.66. The Hall–Kier alpha value is -1.82. The number of anilines is 2. The number of carbonyl (C=O) groups is 1. The number of aromatic nitrogens is 1. The van der Waals surface area contributed by atoms with Crippen LogP contribution in [0.25, 0.3) is 0 Å². The molecule has 1 rings (SSSR count). The number of hydrogen-bond donors (Lipinski definition) is 3. The molecule has 0 aliphatic carbocycles. The average Bonchev–Trinajstić information content (AvgIpc) is 2.14. The summed E-state index contributed by atoms with van der Waals surface area (Å²) in [7, 11) is 1.77. The second kappa shape index (κ2) is 4.58. The van der Waals surface area contributed by atoms with Crippen LogP contribution in [0, 0.1) is 0 Å². The van der Waals surface area contributed by atoms with Crippen LogP contribution in [0.5, 0.6) is 0 Å². The third kappa shape index (κ3) is 3.60. The predicted molar refractivity (Wildman–Crippen MR) is 66.7 cm³/mol. The first kappa shape index (κ1) is 13.2. The van der Waals surface area contributed by atoms with Gasteiger partial charge in [0.1, 0.15) is 5.82 Å². The van der Waals surface area contributed by atoms with Gasteiger partial charge < -0.3 is 21.5 Å². The van der Waals surface area contributed by atoms with E-state index in [1.165, 1.54) is 12.3 Å². The molecule has 94 valence electrons. The van der Waals surface area contributed by atoms with Crippen LogP contribution in [0.1, 0.15) is 24.2 Å². The highest BCUT2D eigenvalue weighted by atomic mass is 16.3. The molecule has 1 aromatic rings. The molecule has 0 atom stereocenters. The summed E-state index contributed by atoms with van der Waals surface area (Å²) in [6.45, 7) is 3.76. The summed E-state index contributed by atoms with van der Waals surface area (Å²) in [6, 6.07) is 1.52. The number of likely N-dealkylation sites (N-methyl/N-ethyl adjacent to an activating group) is 1. The second-order valence-corrected chi connectivity index (χ2v) is 4.66. The van der Waals surface area contributed by atoms with E-state index in [0.29, 0.717) is 12.4 Å². The van der Waals surface area contributed by atoms with E-state index < -0.39 is 11.5 Å². The van der Waals surface area contributed by atoms with Gasteiger partial charge in [-0.1, -0.05) is 0 Å². The molecular weight excluding hydrogens is 220 g/mol. The number of nitrogens with two attached hydrogens (primary N) is 2. The van der Waals surface area contributed by atoms with E-state index in [1.807, 2.05) is 0 Å². The SMILES string of the molecule is CN(CC(C)(C)O)c1cc(C(N)=O)c(N)cn1. The highest BCUT2D eigenvalue weighted by Gasteiger charge is 2.18. The van der Waals surface area contributed by atoms with Gasteiger partial charge in [0.15, 0.2) is 0 Å². The van der Waals surface area contributed by atoms with Crippen LogP contribution in [0.4, 0.5) is 11.5 Å². The molecule has 0 aliphatic heterocycles. The summed E-state index contributed by atoms with van der Waals surface area (Å²) >= 11 is 0. The van der Waals surface area contributed by atoms with Crippen LogP contribution < -0.4 is 16.4 Å². The summed E-state index contributed by atoms with van der Waals surface area (Å²) in [5, 5.41) is 9.70. The molecule has 0 unspecified atom stereocenters. The molecule has 0 aliphatic rings. The van der Waals surface area contributed by atoms with Crippen molar-refractivity contribution in [3.63, 3.8) is 0 Å². The molecule has 0 saturated carbocycles. The van der Waals surface area contributed by atoms with E-state index in [9.17, 15) is 9.90 Å². The number of amides is 1. The molecule has 1 amide bonds. The number of pyridine rings is 1. The molecule has 0 radical (unpaired) electrons. The number of aliphatic hydroxyl groups is 1. The molecule has 0 spiro atoms. The lowest BCUT2D eigenvalue weighted by Crippen LogP contribution is -2.36. The van der Waals surface area contributed by atoms with Crippen molar-refractivity contribution in [2.45, 2.75) is 19.4 Å². The van der Waals surface area contributed by atoms with Crippen molar-refractivity contribution in [3.8, 4) is 0 Å². The first-order valence-electron chi connectivity index (χ1n) is 5.19. The number of rotatable bonds is 4. The molecule has 0 saturated heterocycles. The first-order valence-corrected chi connectivity index (χ1v) is 5.19. The quantitative estimate of drug-likeness (QED) is 0.683. The Kier molecular flexibility index (Phi) is 3.57. The molecule has 6 heteroatoms. The van der Waals surface area contributed by atoms with Crippen LogP contribution in [0.2, 0.25) is 0 Å². The lowest BCUT2D eigenvalue weighted by Gasteiger charge is -2.26. The maximum Gasteiger partial charge on any atom is 0.250 e. The van der Waals surface area contributed by atoms with Gasteiger partial charge in [0.25, 0.3) is 5.91 Å². The summed E-state index contributed by atoms with van der Waals surface area (Å²) < 4.78 is 0. The van der Waals surface area contributed by atoms with Crippen LogP contribution in [-0.2, 0) is 0 Å². The lowest BCUT2D eigenvalue weighted by atomic mass is 10.1.